The number of hydrogen-bond donors (Lipinski definition) is 8. The van der Waals surface area contributed by atoms with Crippen molar-refractivity contribution in [2.24, 2.45) is 23.5 Å². The van der Waals surface area contributed by atoms with Gasteiger partial charge in [0.05, 0.1) is 18.3 Å². The monoisotopic (exact) mass is 1270 g/mol. The van der Waals surface area contributed by atoms with Crippen LogP contribution in [0.5, 0.6) is 0 Å². The van der Waals surface area contributed by atoms with Crippen molar-refractivity contribution in [2.75, 3.05) is 64.3 Å². The van der Waals surface area contributed by atoms with Gasteiger partial charge in [-0.25, -0.2) is 28.1 Å². The number of rotatable bonds is 30. The van der Waals surface area contributed by atoms with Crippen LogP contribution in [0.15, 0.2) is 79.0 Å². The average molecular weight is 1270 g/mol. The molecule has 7 rings (SSSR count). The number of carbonyl (C=O) groups excluding carboxylic acids is 9. The van der Waals surface area contributed by atoms with Crippen molar-refractivity contribution in [3.63, 3.8) is 0 Å². The van der Waals surface area contributed by atoms with Crippen LogP contribution in [0.4, 0.5) is 24.1 Å². The highest BCUT2D eigenvalue weighted by Crippen LogP contribution is 2.39. The third-order valence-corrected chi connectivity index (χ3v) is 16.0. The van der Waals surface area contributed by atoms with Gasteiger partial charge in [-0.1, -0.05) is 81.3 Å². The second kappa shape index (κ2) is 36.4. The van der Waals surface area contributed by atoms with Crippen molar-refractivity contribution in [3.05, 3.63) is 107 Å². The standard InChI is InChI=1S/C61H80F2N10O11.C4H10N2O/c1-38(2)54(70-52(75)16-10-7-11-25-64-37-74)57(77)66-32-53(76)68-46-20-18-43(19-21-46)36-83-61(81)67-40(4)58(78)72-26-12-15-51(72)60(80)84-41(5)59(79)73(34-45-30-65-31-49(45)63)55(44-23-27-82-28-24-44)56-69-50(47-29-39(3)17-22-48(47)62)35-71(56)33-42-13-8-6-9-14-42;1-2-3-6-4(5)7/h6,8-9,13-14,17-22,29,35,37-38,40-41,44-45,49,51,54-55,65H,7,10-12,15-16,23-28,30-34,36H2,1-5H3,(H,64,74)(H,66,77)(H,67,81)(H,68,76)(H,70,75);2-3H2,1H3,(H3,5,6,7)/t40-,41+,45?,49?,51?,54?,55?;/m1./s1. The number of nitrogens with one attached hydrogen (secondary N) is 7. The molecule has 0 aliphatic carbocycles. The van der Waals surface area contributed by atoms with Crippen LogP contribution in [0.2, 0.25) is 0 Å². The Balaban J connectivity index is 0.00000177. The Bertz CT molecular complexity index is 3060. The molecular formula is C65H90F2N12O12. The number of halogens is 2. The number of aromatic nitrogens is 2. The first-order chi connectivity index (χ1) is 43.7. The van der Waals surface area contributed by atoms with Gasteiger partial charge < -0.3 is 71.5 Å². The van der Waals surface area contributed by atoms with E-state index in [1.807, 2.05) is 48.7 Å². The summed E-state index contributed by atoms with van der Waals surface area (Å²) in [5, 5.41) is 18.6. The fourth-order valence-electron chi connectivity index (χ4n) is 11.1. The second-order valence-electron chi connectivity index (χ2n) is 23.5. The van der Waals surface area contributed by atoms with Gasteiger partial charge in [-0.15, -0.1) is 0 Å². The van der Waals surface area contributed by atoms with E-state index in [4.69, 9.17) is 24.9 Å². The highest BCUT2D eigenvalue weighted by atomic mass is 19.1. The molecule has 496 valence electrons. The first-order valence-electron chi connectivity index (χ1n) is 31.4. The minimum atomic E-state index is -1.39. The van der Waals surface area contributed by atoms with Crippen molar-refractivity contribution in [1.29, 1.82) is 0 Å². The molecule has 91 heavy (non-hydrogen) atoms. The Hall–Kier alpha value is -8.52. The zero-order valence-electron chi connectivity index (χ0n) is 52.9. The van der Waals surface area contributed by atoms with Crippen LogP contribution in [0.1, 0.15) is 121 Å². The van der Waals surface area contributed by atoms with E-state index in [2.05, 4.69) is 37.2 Å². The summed E-state index contributed by atoms with van der Waals surface area (Å²) in [6, 6.07) is 16.6. The Kier molecular flexibility index (Phi) is 28.6. The van der Waals surface area contributed by atoms with E-state index in [-0.39, 0.29) is 68.9 Å². The summed E-state index contributed by atoms with van der Waals surface area (Å²) in [6.45, 7) is 12.6. The number of nitrogens with zero attached hydrogens (tertiary/aromatic N) is 4. The smallest absolute Gasteiger partial charge is 0.408 e. The SMILES string of the molecule is CCCNC(N)=O.Cc1ccc(F)c(-c2cn(Cc3ccccc3)c(C(C3CCOCC3)N(CC3CNCC3F)C(=O)[C@H](C)OC(=O)C3CCCN3C(=O)[C@@H](C)NC(=O)OCc3ccc(NC(=O)CNC(=O)C(NC(=O)CCCCCNC=O)C(C)C)cc3)n2)c1. The van der Waals surface area contributed by atoms with Gasteiger partial charge in [0.15, 0.2) is 6.10 Å². The molecule has 4 heterocycles. The molecule has 26 heteroatoms. The molecule has 3 fully saturated rings. The zero-order chi connectivity index (χ0) is 66.0. The van der Waals surface area contributed by atoms with Crippen LogP contribution in [-0.4, -0.2) is 163 Å². The molecule has 3 aliphatic heterocycles. The van der Waals surface area contributed by atoms with Gasteiger partial charge in [0.25, 0.3) is 5.91 Å². The molecule has 4 aromatic rings. The summed E-state index contributed by atoms with van der Waals surface area (Å²) in [6.07, 6.45) is 3.78. The van der Waals surface area contributed by atoms with Crippen molar-refractivity contribution in [3.8, 4) is 11.3 Å². The number of anilines is 1. The average Bonchev–Trinajstić information content (AvgIpc) is 1.70. The Morgan fingerprint density at radius 2 is 1.62 bits per heavy atom. The minimum absolute atomic E-state index is 0.0422. The predicted molar refractivity (Wildman–Crippen MR) is 335 cm³/mol. The third-order valence-electron chi connectivity index (χ3n) is 16.0. The van der Waals surface area contributed by atoms with Crippen molar-refractivity contribution in [1.82, 2.24) is 51.3 Å². The zero-order valence-corrected chi connectivity index (χ0v) is 52.9. The minimum Gasteiger partial charge on any atom is -0.451 e. The lowest BCUT2D eigenvalue weighted by molar-refractivity contribution is -0.166. The molecule has 0 radical (unpaired) electrons. The quantitative estimate of drug-likeness (QED) is 0.0176. The maximum Gasteiger partial charge on any atom is 0.408 e. The van der Waals surface area contributed by atoms with Crippen molar-refractivity contribution < 1.29 is 66.1 Å². The molecular weight excluding hydrogens is 1180 g/mol. The number of likely N-dealkylation sites (tertiary alicyclic amines) is 1. The lowest BCUT2D eigenvalue weighted by Crippen LogP contribution is -2.52. The maximum absolute atomic E-state index is 15.7. The van der Waals surface area contributed by atoms with Gasteiger partial charge in [0.1, 0.15) is 42.5 Å². The number of alkyl carbamates (subject to hydrolysis) is 1. The number of aryl methyl sites for hydroxylation is 1. The number of alkyl halides is 1. The van der Waals surface area contributed by atoms with E-state index in [9.17, 15) is 38.4 Å². The number of unbranched alkanes of at least 4 members (excludes halogenated alkanes) is 2. The summed E-state index contributed by atoms with van der Waals surface area (Å²) in [4.78, 5) is 123. The van der Waals surface area contributed by atoms with Crippen LogP contribution in [0.3, 0.4) is 0 Å². The van der Waals surface area contributed by atoms with Crippen LogP contribution in [-0.2, 0) is 60.9 Å². The first-order valence-corrected chi connectivity index (χ1v) is 31.4. The normalized spacial score (nSPS) is 17.6. The molecule has 3 aliphatic rings. The largest absolute Gasteiger partial charge is 0.451 e. The molecule has 24 nitrogen and oxygen atoms in total. The number of carbonyl (C=O) groups is 9. The van der Waals surface area contributed by atoms with Gasteiger partial charge in [-0.3, -0.25) is 28.8 Å². The van der Waals surface area contributed by atoms with E-state index in [1.165, 1.54) is 24.8 Å². The number of hydrogen-bond acceptors (Lipinski definition) is 14. The molecule has 3 aromatic carbocycles. The summed E-state index contributed by atoms with van der Waals surface area (Å²) in [7, 11) is 0. The molecule has 9 N–H and O–H groups in total. The fourth-order valence-corrected chi connectivity index (χ4v) is 11.1. The predicted octanol–water partition coefficient (Wildman–Crippen LogP) is 5.70. The molecule has 1 aromatic heterocycles. The van der Waals surface area contributed by atoms with Gasteiger partial charge in [0, 0.05) is 88.8 Å². The van der Waals surface area contributed by atoms with Crippen molar-refractivity contribution in [2.45, 2.75) is 149 Å². The van der Waals surface area contributed by atoms with Crippen LogP contribution in [0.25, 0.3) is 11.3 Å². The van der Waals surface area contributed by atoms with E-state index >= 15 is 13.6 Å². The Labute approximate surface area is 530 Å². The first kappa shape index (κ1) is 71.6. The number of ether oxygens (including phenoxy) is 3. The summed E-state index contributed by atoms with van der Waals surface area (Å²) in [5.74, 6) is -4.37. The van der Waals surface area contributed by atoms with Crippen molar-refractivity contribution >= 4 is 59.7 Å². The van der Waals surface area contributed by atoms with E-state index < -0.39 is 89.9 Å². The van der Waals surface area contributed by atoms with Crippen LogP contribution < -0.4 is 43.0 Å². The van der Waals surface area contributed by atoms with E-state index in [1.54, 1.807) is 61.3 Å². The highest BCUT2D eigenvalue weighted by molar-refractivity contribution is 5.96. The number of nitrogens with two attached hydrogens (primary N) is 1. The molecule has 3 saturated heterocycles. The van der Waals surface area contributed by atoms with Gasteiger partial charge >= 0.3 is 18.1 Å². The number of amides is 9. The second-order valence-corrected chi connectivity index (χ2v) is 23.5. The highest BCUT2D eigenvalue weighted by Gasteiger charge is 2.44. The van der Waals surface area contributed by atoms with Gasteiger partial charge in [0.2, 0.25) is 30.0 Å². The molecule has 5 unspecified atom stereocenters. The lowest BCUT2D eigenvalue weighted by Gasteiger charge is -2.41. The number of primary amides is 1. The third kappa shape index (κ3) is 22.1. The fraction of sp³-hybridized carbons (Fsp3) is 0.538. The Morgan fingerprint density at radius 1 is 0.879 bits per heavy atom. The van der Waals surface area contributed by atoms with Crippen LogP contribution >= 0.6 is 0 Å². The number of benzene rings is 3. The van der Waals surface area contributed by atoms with Gasteiger partial charge in [-0.2, -0.15) is 0 Å². The Morgan fingerprint density at radius 3 is 2.27 bits per heavy atom. The summed E-state index contributed by atoms with van der Waals surface area (Å²) < 4.78 is 50.5. The molecule has 7 atom stereocenters. The van der Waals surface area contributed by atoms with Crippen LogP contribution in [0, 0.1) is 30.5 Å². The van der Waals surface area contributed by atoms with Gasteiger partial charge in [-0.05, 0) is 113 Å². The molecule has 0 spiro atoms. The summed E-state index contributed by atoms with van der Waals surface area (Å²) in [5.41, 5.74) is 8.10. The molecule has 9 amide bonds. The maximum atomic E-state index is 15.7. The number of imidazole rings is 1. The molecule has 0 saturated carbocycles. The number of esters is 1. The number of urea groups is 1. The topological polar surface area (TPSA) is 316 Å². The molecule has 0 bridgehead atoms. The van der Waals surface area contributed by atoms with E-state index in [0.717, 1.165) is 30.4 Å². The van der Waals surface area contributed by atoms with E-state index in [0.29, 0.717) is 94.3 Å². The summed E-state index contributed by atoms with van der Waals surface area (Å²) >= 11 is 0. The lowest BCUT2D eigenvalue weighted by atomic mass is 9.88.